The molecule has 0 aliphatic carbocycles. The number of terminal acetylenes is 1. The predicted octanol–water partition coefficient (Wildman–Crippen LogP) is 1.46. The number of carbonyl (C=O) groups is 1. The van der Waals surface area contributed by atoms with Crippen molar-refractivity contribution in [2.45, 2.75) is 19.3 Å². The van der Waals surface area contributed by atoms with Crippen LogP contribution < -0.4 is 5.32 Å². The van der Waals surface area contributed by atoms with E-state index in [1.54, 1.807) is 24.3 Å². The summed E-state index contributed by atoms with van der Waals surface area (Å²) in [5.74, 6) is 2.70. The first-order valence-electron chi connectivity index (χ1n) is 5.20. The van der Waals surface area contributed by atoms with Gasteiger partial charge in [0.1, 0.15) is 5.75 Å². The lowest BCUT2D eigenvalue weighted by molar-refractivity contribution is -0.120. The summed E-state index contributed by atoms with van der Waals surface area (Å²) >= 11 is 0. The maximum atomic E-state index is 11.4. The maximum Gasteiger partial charge on any atom is 0.224 e. The molecule has 1 amide bonds. The molecule has 0 atom stereocenters. The molecule has 1 aromatic carbocycles. The summed E-state index contributed by atoms with van der Waals surface area (Å²) in [4.78, 5) is 11.4. The van der Waals surface area contributed by atoms with Crippen LogP contribution in [0.4, 0.5) is 0 Å². The topological polar surface area (TPSA) is 49.3 Å². The minimum Gasteiger partial charge on any atom is -0.508 e. The van der Waals surface area contributed by atoms with E-state index in [0.29, 0.717) is 19.4 Å². The molecule has 0 saturated heterocycles. The molecule has 1 rings (SSSR count). The molecular weight excluding hydrogens is 202 g/mol. The van der Waals surface area contributed by atoms with E-state index in [1.165, 1.54) is 0 Å². The summed E-state index contributed by atoms with van der Waals surface area (Å²) in [5.41, 5.74) is 0.882. The first kappa shape index (κ1) is 12.1. The summed E-state index contributed by atoms with van der Waals surface area (Å²) in [6, 6.07) is 6.61. The van der Waals surface area contributed by atoms with Crippen molar-refractivity contribution in [3.05, 3.63) is 29.8 Å². The lowest BCUT2D eigenvalue weighted by Gasteiger charge is -2.04. The number of benzene rings is 1. The number of phenolic OH excluding ortho intramolecular Hbond substituents is 1. The van der Waals surface area contributed by atoms with E-state index in [1.807, 2.05) is 0 Å². The fourth-order valence-corrected chi connectivity index (χ4v) is 1.28. The van der Waals surface area contributed by atoms with Gasteiger partial charge in [0.15, 0.2) is 0 Å². The minimum atomic E-state index is -0.0253. The van der Waals surface area contributed by atoms with Gasteiger partial charge < -0.3 is 10.4 Å². The maximum absolute atomic E-state index is 11.4. The molecule has 0 spiro atoms. The quantitative estimate of drug-likeness (QED) is 0.579. The second-order valence-corrected chi connectivity index (χ2v) is 3.50. The average molecular weight is 217 g/mol. The normalized spacial score (nSPS) is 9.44. The highest BCUT2D eigenvalue weighted by atomic mass is 16.3. The molecule has 3 nitrogen and oxygen atoms in total. The van der Waals surface area contributed by atoms with E-state index in [2.05, 4.69) is 11.2 Å². The third kappa shape index (κ3) is 4.52. The molecular formula is C13H15NO2. The Morgan fingerprint density at radius 1 is 1.38 bits per heavy atom. The Kier molecular flexibility index (Phi) is 4.94. The van der Waals surface area contributed by atoms with Gasteiger partial charge >= 0.3 is 0 Å². The van der Waals surface area contributed by atoms with Crippen molar-refractivity contribution in [3.63, 3.8) is 0 Å². The number of amides is 1. The summed E-state index contributed by atoms with van der Waals surface area (Å²) in [6.45, 7) is 0.612. The van der Waals surface area contributed by atoms with Gasteiger partial charge in [0.2, 0.25) is 5.91 Å². The van der Waals surface area contributed by atoms with Gasteiger partial charge in [-0.1, -0.05) is 12.1 Å². The number of rotatable bonds is 5. The lowest BCUT2D eigenvalue weighted by Crippen LogP contribution is -2.25. The van der Waals surface area contributed by atoms with Crippen molar-refractivity contribution in [1.29, 1.82) is 0 Å². The lowest BCUT2D eigenvalue weighted by atomic mass is 10.1. The molecule has 0 heterocycles. The van der Waals surface area contributed by atoms with Gasteiger partial charge in [-0.3, -0.25) is 4.79 Å². The predicted molar refractivity (Wildman–Crippen MR) is 62.9 cm³/mol. The van der Waals surface area contributed by atoms with Crippen molar-refractivity contribution < 1.29 is 9.90 Å². The van der Waals surface area contributed by atoms with E-state index < -0.39 is 0 Å². The number of aromatic hydroxyl groups is 1. The molecule has 0 fully saturated rings. The Labute approximate surface area is 95.5 Å². The number of carbonyl (C=O) groups excluding carboxylic acids is 1. The monoisotopic (exact) mass is 217 g/mol. The van der Waals surface area contributed by atoms with Crippen LogP contribution in [0.5, 0.6) is 5.75 Å². The Morgan fingerprint density at radius 2 is 2.06 bits per heavy atom. The zero-order valence-corrected chi connectivity index (χ0v) is 9.07. The largest absolute Gasteiger partial charge is 0.508 e. The first-order chi connectivity index (χ1) is 7.72. The number of hydrogen-bond donors (Lipinski definition) is 2. The molecule has 0 radical (unpaired) electrons. The van der Waals surface area contributed by atoms with Crippen LogP contribution >= 0.6 is 0 Å². The molecule has 0 aromatic heterocycles. The first-order valence-corrected chi connectivity index (χ1v) is 5.20. The van der Waals surface area contributed by atoms with Crippen LogP contribution in [0.25, 0.3) is 0 Å². The minimum absolute atomic E-state index is 0.0253. The van der Waals surface area contributed by atoms with Gasteiger partial charge in [0.25, 0.3) is 0 Å². The molecule has 84 valence electrons. The summed E-state index contributed by atoms with van der Waals surface area (Å²) in [7, 11) is 0. The smallest absolute Gasteiger partial charge is 0.224 e. The standard InChI is InChI=1S/C13H15NO2/c1-2-3-4-9-14-13(16)10-11-5-7-12(15)8-6-11/h1,5-8,15H,3-4,9-10H2,(H,14,16). The zero-order valence-electron chi connectivity index (χ0n) is 9.07. The van der Waals surface area contributed by atoms with Crippen LogP contribution in [0.15, 0.2) is 24.3 Å². The van der Waals surface area contributed by atoms with Crippen molar-refractivity contribution in [2.75, 3.05) is 6.54 Å². The number of hydrogen-bond acceptors (Lipinski definition) is 2. The zero-order chi connectivity index (χ0) is 11.8. The van der Waals surface area contributed by atoms with Crippen molar-refractivity contribution in [2.24, 2.45) is 0 Å². The number of unbranched alkanes of at least 4 members (excludes halogenated alkanes) is 1. The van der Waals surface area contributed by atoms with Crippen LogP contribution in [0.1, 0.15) is 18.4 Å². The SMILES string of the molecule is C#CCCCNC(=O)Cc1ccc(O)cc1. The second kappa shape index (κ2) is 6.52. The van der Waals surface area contributed by atoms with Crippen LogP contribution in [0.3, 0.4) is 0 Å². The van der Waals surface area contributed by atoms with Gasteiger partial charge in [0.05, 0.1) is 6.42 Å². The highest BCUT2D eigenvalue weighted by Gasteiger charge is 2.02. The Bertz CT molecular complexity index is 376. The third-order valence-corrected chi connectivity index (χ3v) is 2.12. The molecule has 0 aliphatic rings. The third-order valence-electron chi connectivity index (χ3n) is 2.12. The molecule has 0 unspecified atom stereocenters. The van der Waals surface area contributed by atoms with Gasteiger partial charge in [-0.05, 0) is 24.1 Å². The molecule has 1 aromatic rings. The van der Waals surface area contributed by atoms with Gasteiger partial charge in [-0.25, -0.2) is 0 Å². The van der Waals surface area contributed by atoms with Crippen LogP contribution in [0, 0.1) is 12.3 Å². The van der Waals surface area contributed by atoms with E-state index >= 15 is 0 Å². The Morgan fingerprint density at radius 3 is 2.69 bits per heavy atom. The summed E-state index contributed by atoms with van der Waals surface area (Å²) < 4.78 is 0. The second-order valence-electron chi connectivity index (χ2n) is 3.50. The molecule has 0 bridgehead atoms. The van der Waals surface area contributed by atoms with Crippen molar-refractivity contribution >= 4 is 5.91 Å². The summed E-state index contributed by atoms with van der Waals surface area (Å²) in [6.07, 6.45) is 6.91. The van der Waals surface area contributed by atoms with Gasteiger partial charge in [0, 0.05) is 13.0 Å². The highest BCUT2D eigenvalue weighted by Crippen LogP contribution is 2.09. The molecule has 2 N–H and O–H groups in total. The summed E-state index contributed by atoms with van der Waals surface area (Å²) in [5, 5.41) is 11.9. The number of phenols is 1. The van der Waals surface area contributed by atoms with E-state index in [9.17, 15) is 4.79 Å². The van der Waals surface area contributed by atoms with Gasteiger partial charge in [-0.15, -0.1) is 12.3 Å². The highest BCUT2D eigenvalue weighted by molar-refractivity contribution is 5.78. The Balaban J connectivity index is 2.29. The molecule has 16 heavy (non-hydrogen) atoms. The average Bonchev–Trinajstić information content (AvgIpc) is 2.28. The molecule has 3 heteroatoms. The molecule has 0 saturated carbocycles. The van der Waals surface area contributed by atoms with Crippen LogP contribution in [0.2, 0.25) is 0 Å². The van der Waals surface area contributed by atoms with Crippen LogP contribution in [-0.4, -0.2) is 17.6 Å². The Hall–Kier alpha value is -1.95. The van der Waals surface area contributed by atoms with E-state index in [0.717, 1.165) is 12.0 Å². The van der Waals surface area contributed by atoms with E-state index in [-0.39, 0.29) is 11.7 Å². The van der Waals surface area contributed by atoms with Crippen molar-refractivity contribution in [1.82, 2.24) is 5.32 Å². The molecule has 0 aliphatic heterocycles. The van der Waals surface area contributed by atoms with Crippen molar-refractivity contribution in [3.8, 4) is 18.1 Å². The van der Waals surface area contributed by atoms with E-state index in [4.69, 9.17) is 11.5 Å². The van der Waals surface area contributed by atoms with Gasteiger partial charge in [-0.2, -0.15) is 0 Å². The number of nitrogens with one attached hydrogen (secondary N) is 1. The fraction of sp³-hybridized carbons (Fsp3) is 0.308. The van der Waals surface area contributed by atoms with Crippen LogP contribution in [-0.2, 0) is 11.2 Å². The fourth-order valence-electron chi connectivity index (χ4n) is 1.28.